The number of aryl methyl sites for hydroxylation is 1. The highest BCUT2D eigenvalue weighted by molar-refractivity contribution is 5.76. The summed E-state index contributed by atoms with van der Waals surface area (Å²) in [6.07, 6.45) is 1.27. The van der Waals surface area contributed by atoms with Crippen LogP contribution in [0.15, 0.2) is 18.2 Å². The highest BCUT2D eigenvalue weighted by Crippen LogP contribution is 2.32. The quantitative estimate of drug-likeness (QED) is 0.888. The van der Waals surface area contributed by atoms with Crippen LogP contribution in [0, 0.1) is 0 Å². The van der Waals surface area contributed by atoms with Gasteiger partial charge in [0.05, 0.1) is 11.0 Å². The van der Waals surface area contributed by atoms with Gasteiger partial charge in [0.15, 0.2) is 6.10 Å². The molecule has 0 aliphatic carbocycles. The van der Waals surface area contributed by atoms with E-state index in [0.29, 0.717) is 12.8 Å². The van der Waals surface area contributed by atoms with Gasteiger partial charge in [0.2, 0.25) is 0 Å². The molecule has 0 spiro atoms. The van der Waals surface area contributed by atoms with Crippen molar-refractivity contribution in [2.75, 3.05) is 0 Å². The molecule has 19 heavy (non-hydrogen) atoms. The molecule has 5 nitrogen and oxygen atoms in total. The minimum atomic E-state index is -0.896. The second-order valence-corrected chi connectivity index (χ2v) is 4.86. The summed E-state index contributed by atoms with van der Waals surface area (Å²) in [5.74, 6) is -0.168. The van der Waals surface area contributed by atoms with Crippen molar-refractivity contribution in [3.8, 4) is 0 Å². The van der Waals surface area contributed by atoms with Crippen molar-refractivity contribution in [3.63, 3.8) is 0 Å². The second-order valence-electron chi connectivity index (χ2n) is 4.86. The minimum absolute atomic E-state index is 0.237. The topological polar surface area (TPSA) is 75.2 Å². The average Bonchev–Trinajstić information content (AvgIpc) is 3.04. The lowest BCUT2D eigenvalue weighted by Crippen LogP contribution is -2.18. The number of H-pyrrole nitrogens is 1. The molecule has 0 saturated carbocycles. The third kappa shape index (κ3) is 2.21. The van der Waals surface area contributed by atoms with Crippen LogP contribution in [0.1, 0.15) is 37.3 Å². The molecule has 2 atom stereocenters. The number of rotatable bonds is 3. The Morgan fingerprint density at radius 2 is 2.37 bits per heavy atom. The number of carbonyl (C=O) groups is 1. The van der Waals surface area contributed by atoms with E-state index in [1.807, 2.05) is 6.07 Å². The van der Waals surface area contributed by atoms with E-state index in [0.717, 1.165) is 23.3 Å². The first-order valence-electron chi connectivity index (χ1n) is 6.54. The fourth-order valence-corrected chi connectivity index (χ4v) is 2.47. The molecule has 1 aromatic carbocycles. The van der Waals surface area contributed by atoms with Crippen LogP contribution in [0.25, 0.3) is 11.0 Å². The molecule has 0 bridgehead atoms. The maximum absolute atomic E-state index is 10.9. The molecule has 1 aliphatic heterocycles. The first-order valence-corrected chi connectivity index (χ1v) is 6.54. The molecule has 0 amide bonds. The van der Waals surface area contributed by atoms with Gasteiger partial charge in [-0.3, -0.25) is 0 Å². The zero-order chi connectivity index (χ0) is 13.4. The Kier molecular flexibility index (Phi) is 2.98. The number of fused-ring (bicyclic) bond motifs is 1. The Bertz CT molecular complexity index is 620. The number of carboxylic acid groups (broad SMARTS) is 1. The minimum Gasteiger partial charge on any atom is -0.479 e. The summed E-state index contributed by atoms with van der Waals surface area (Å²) >= 11 is 0. The molecule has 2 aromatic rings. The summed E-state index contributed by atoms with van der Waals surface area (Å²) < 4.78 is 5.50. The molecule has 100 valence electrons. The third-order valence-electron chi connectivity index (χ3n) is 3.57. The van der Waals surface area contributed by atoms with Gasteiger partial charge >= 0.3 is 5.97 Å². The Morgan fingerprint density at radius 3 is 3.05 bits per heavy atom. The SMILES string of the molecule is CCc1ccc2nc(C3CCC(C(=O)O)O3)[nH]c2c1. The van der Waals surface area contributed by atoms with Crippen molar-refractivity contribution in [1.29, 1.82) is 0 Å². The van der Waals surface area contributed by atoms with E-state index in [9.17, 15) is 4.79 Å². The van der Waals surface area contributed by atoms with Crippen LogP contribution in [0.5, 0.6) is 0 Å². The zero-order valence-corrected chi connectivity index (χ0v) is 10.7. The van der Waals surface area contributed by atoms with Gasteiger partial charge in [-0.1, -0.05) is 13.0 Å². The van der Waals surface area contributed by atoms with E-state index in [1.54, 1.807) is 0 Å². The number of aromatic amines is 1. The van der Waals surface area contributed by atoms with Crippen LogP contribution in [0.3, 0.4) is 0 Å². The van der Waals surface area contributed by atoms with Crippen molar-refractivity contribution >= 4 is 17.0 Å². The molecular weight excluding hydrogens is 244 g/mol. The van der Waals surface area contributed by atoms with Crippen LogP contribution in [0.2, 0.25) is 0 Å². The number of benzene rings is 1. The summed E-state index contributed by atoms with van der Waals surface area (Å²) in [4.78, 5) is 18.6. The molecule has 2 N–H and O–H groups in total. The van der Waals surface area contributed by atoms with Gasteiger partial charge < -0.3 is 14.8 Å². The predicted octanol–water partition coefficient (Wildman–Crippen LogP) is 2.43. The molecular formula is C14H16N2O3. The monoisotopic (exact) mass is 260 g/mol. The lowest BCUT2D eigenvalue weighted by molar-refractivity contribution is -0.149. The van der Waals surface area contributed by atoms with Crippen LogP contribution in [-0.2, 0) is 16.0 Å². The smallest absolute Gasteiger partial charge is 0.332 e. The lowest BCUT2D eigenvalue weighted by atomic mass is 10.1. The third-order valence-corrected chi connectivity index (χ3v) is 3.57. The van der Waals surface area contributed by atoms with E-state index in [4.69, 9.17) is 9.84 Å². The van der Waals surface area contributed by atoms with Crippen molar-refractivity contribution in [3.05, 3.63) is 29.6 Å². The summed E-state index contributed by atoms with van der Waals surface area (Å²) in [5.41, 5.74) is 3.13. The summed E-state index contributed by atoms with van der Waals surface area (Å²) in [6.45, 7) is 2.11. The zero-order valence-electron chi connectivity index (χ0n) is 10.7. The van der Waals surface area contributed by atoms with Crippen molar-refractivity contribution in [2.45, 2.75) is 38.4 Å². The van der Waals surface area contributed by atoms with Crippen molar-refractivity contribution in [2.24, 2.45) is 0 Å². The maximum Gasteiger partial charge on any atom is 0.332 e. The molecule has 2 unspecified atom stereocenters. The largest absolute Gasteiger partial charge is 0.479 e. The van der Waals surface area contributed by atoms with E-state index in [-0.39, 0.29) is 6.10 Å². The van der Waals surface area contributed by atoms with Gasteiger partial charge in [-0.05, 0) is 37.0 Å². The molecule has 5 heteroatoms. The highest BCUT2D eigenvalue weighted by Gasteiger charge is 2.33. The van der Waals surface area contributed by atoms with Crippen molar-refractivity contribution in [1.82, 2.24) is 9.97 Å². The Balaban J connectivity index is 1.88. The fourth-order valence-electron chi connectivity index (χ4n) is 2.47. The summed E-state index contributed by atoms with van der Waals surface area (Å²) in [6, 6.07) is 6.12. The van der Waals surface area contributed by atoms with E-state index in [2.05, 4.69) is 29.0 Å². The van der Waals surface area contributed by atoms with Gasteiger partial charge in [0.25, 0.3) is 0 Å². The number of hydrogen-bond donors (Lipinski definition) is 2. The van der Waals surface area contributed by atoms with Crippen LogP contribution < -0.4 is 0 Å². The Morgan fingerprint density at radius 1 is 1.53 bits per heavy atom. The van der Waals surface area contributed by atoms with E-state index >= 15 is 0 Å². The molecule has 1 aliphatic rings. The van der Waals surface area contributed by atoms with Gasteiger partial charge in [-0.2, -0.15) is 0 Å². The first-order chi connectivity index (χ1) is 9.17. The van der Waals surface area contributed by atoms with E-state index in [1.165, 1.54) is 5.56 Å². The predicted molar refractivity (Wildman–Crippen MR) is 70.0 cm³/mol. The number of carboxylic acids is 1. The number of hydrogen-bond acceptors (Lipinski definition) is 3. The highest BCUT2D eigenvalue weighted by atomic mass is 16.5. The van der Waals surface area contributed by atoms with Crippen molar-refractivity contribution < 1.29 is 14.6 Å². The molecule has 0 radical (unpaired) electrons. The maximum atomic E-state index is 10.9. The van der Waals surface area contributed by atoms with Gasteiger partial charge in [-0.15, -0.1) is 0 Å². The fraction of sp³-hybridized carbons (Fsp3) is 0.429. The van der Waals surface area contributed by atoms with Gasteiger partial charge in [0, 0.05) is 0 Å². The number of aliphatic carboxylic acids is 1. The Labute approximate surface area is 110 Å². The van der Waals surface area contributed by atoms with Crippen LogP contribution in [-0.4, -0.2) is 27.1 Å². The lowest BCUT2D eigenvalue weighted by Gasteiger charge is -2.07. The molecule has 2 heterocycles. The van der Waals surface area contributed by atoms with E-state index < -0.39 is 12.1 Å². The number of aromatic nitrogens is 2. The number of ether oxygens (including phenoxy) is 1. The van der Waals surface area contributed by atoms with Gasteiger partial charge in [-0.25, -0.2) is 9.78 Å². The molecule has 1 fully saturated rings. The Hall–Kier alpha value is -1.88. The van der Waals surface area contributed by atoms with Gasteiger partial charge in [0.1, 0.15) is 11.9 Å². The molecule has 1 saturated heterocycles. The number of nitrogens with one attached hydrogen (secondary N) is 1. The average molecular weight is 260 g/mol. The first kappa shape index (κ1) is 12.2. The van der Waals surface area contributed by atoms with Crippen LogP contribution >= 0.6 is 0 Å². The summed E-state index contributed by atoms with van der Waals surface area (Å²) in [5, 5.41) is 8.93. The van der Waals surface area contributed by atoms with Crippen LogP contribution in [0.4, 0.5) is 0 Å². The standard InChI is InChI=1S/C14H16N2O3/c1-2-8-3-4-9-10(7-8)16-13(15-9)11-5-6-12(19-11)14(17)18/h3-4,7,11-12H,2,5-6H2,1H3,(H,15,16)(H,17,18). The second kappa shape index (κ2) is 4.66. The summed E-state index contributed by atoms with van der Waals surface area (Å²) in [7, 11) is 0. The number of imidazole rings is 1. The molecule has 3 rings (SSSR count). The molecule has 1 aromatic heterocycles. The number of nitrogens with zero attached hydrogens (tertiary/aromatic N) is 1. The normalized spacial score (nSPS) is 23.0.